The van der Waals surface area contributed by atoms with Gasteiger partial charge in [0.2, 0.25) is 0 Å². The Morgan fingerprint density at radius 1 is 1.10 bits per heavy atom. The molecule has 7 nitrogen and oxygen atoms in total. The summed E-state index contributed by atoms with van der Waals surface area (Å²) >= 11 is 0. The monoisotopic (exact) mass is 412 g/mol. The van der Waals surface area contributed by atoms with Crippen molar-refractivity contribution in [1.82, 2.24) is 14.8 Å². The Morgan fingerprint density at radius 2 is 1.83 bits per heavy atom. The van der Waals surface area contributed by atoms with Crippen LogP contribution in [-0.2, 0) is 15.3 Å². The Labute approximate surface area is 170 Å². The summed E-state index contributed by atoms with van der Waals surface area (Å²) in [6.45, 7) is 7.86. The van der Waals surface area contributed by atoms with E-state index in [0.717, 1.165) is 11.9 Å². The molecule has 2 aromatic heterocycles. The van der Waals surface area contributed by atoms with Gasteiger partial charge in [-0.3, -0.25) is 4.79 Å². The molecular weight excluding hydrogens is 388 g/mol. The van der Waals surface area contributed by atoms with E-state index in [0.29, 0.717) is 22.8 Å². The highest BCUT2D eigenvalue weighted by Gasteiger charge is 2.23. The van der Waals surface area contributed by atoms with E-state index >= 15 is 0 Å². The van der Waals surface area contributed by atoms with Crippen LogP contribution in [-0.4, -0.2) is 35.3 Å². The number of aromatic nitrogens is 3. The van der Waals surface area contributed by atoms with Crippen LogP contribution in [0.4, 0.5) is 5.82 Å². The largest absolute Gasteiger partial charge is 0.306 e. The first-order valence-corrected chi connectivity index (χ1v) is 11.0. The van der Waals surface area contributed by atoms with E-state index in [-0.39, 0.29) is 10.3 Å². The van der Waals surface area contributed by atoms with Gasteiger partial charge in [0.15, 0.2) is 15.7 Å². The molecule has 3 aromatic rings. The lowest BCUT2D eigenvalue weighted by Crippen LogP contribution is -2.17. The van der Waals surface area contributed by atoms with Crippen LogP contribution in [0.2, 0.25) is 0 Å². The quantitative estimate of drug-likeness (QED) is 0.707. The zero-order valence-electron chi connectivity index (χ0n) is 17.1. The molecule has 1 amide bonds. The highest BCUT2D eigenvalue weighted by Crippen LogP contribution is 2.26. The maximum Gasteiger partial charge on any atom is 0.257 e. The zero-order valence-corrected chi connectivity index (χ0v) is 17.9. The van der Waals surface area contributed by atoms with Gasteiger partial charge in [-0.05, 0) is 36.8 Å². The first kappa shape index (κ1) is 20.7. The van der Waals surface area contributed by atoms with Gasteiger partial charge < -0.3 is 5.32 Å². The molecule has 0 fully saturated rings. The van der Waals surface area contributed by atoms with Gasteiger partial charge in [-0.25, -0.2) is 13.4 Å². The summed E-state index contributed by atoms with van der Waals surface area (Å²) < 4.78 is 25.3. The average molecular weight is 413 g/mol. The van der Waals surface area contributed by atoms with E-state index in [1.54, 1.807) is 36.0 Å². The Kier molecular flexibility index (Phi) is 5.32. The number of amides is 1. The Hall–Kier alpha value is -3.00. The number of aryl methyl sites for hydroxylation is 1. The highest BCUT2D eigenvalue weighted by molar-refractivity contribution is 7.90. The summed E-state index contributed by atoms with van der Waals surface area (Å²) in [7, 11) is -3.42. The number of sulfone groups is 1. The predicted octanol–water partition coefficient (Wildman–Crippen LogP) is 3.53. The second kappa shape index (κ2) is 7.44. The number of pyridine rings is 1. The maximum atomic E-state index is 13.0. The van der Waals surface area contributed by atoms with E-state index in [1.807, 2.05) is 32.9 Å². The lowest BCUT2D eigenvalue weighted by molar-refractivity contribution is 0.102. The molecular formula is C21H24N4O3S. The summed E-state index contributed by atoms with van der Waals surface area (Å²) in [6, 6.07) is 11.8. The molecule has 0 saturated carbocycles. The fraction of sp³-hybridized carbons (Fsp3) is 0.286. The fourth-order valence-corrected chi connectivity index (χ4v) is 3.40. The molecule has 0 aliphatic rings. The molecule has 2 heterocycles. The number of carbonyl (C=O) groups is 1. The van der Waals surface area contributed by atoms with E-state index in [1.165, 1.54) is 12.1 Å². The minimum atomic E-state index is -3.42. The van der Waals surface area contributed by atoms with Crippen LogP contribution >= 0.6 is 0 Å². The number of carbonyl (C=O) groups excluding carboxylic acids is 1. The van der Waals surface area contributed by atoms with Crippen LogP contribution < -0.4 is 5.32 Å². The molecule has 0 aliphatic carbocycles. The SMILES string of the molecule is Cc1ccc(S(C)(=O)=O)cc1C(=O)Nc1cc(C(C)(C)C)nn1-c1ccccn1. The Balaban J connectivity index is 2.04. The molecule has 3 rings (SSSR count). The van der Waals surface area contributed by atoms with E-state index in [9.17, 15) is 13.2 Å². The van der Waals surface area contributed by atoms with Gasteiger partial charge >= 0.3 is 0 Å². The number of nitrogens with zero attached hydrogens (tertiary/aromatic N) is 3. The number of hydrogen-bond acceptors (Lipinski definition) is 5. The molecule has 0 atom stereocenters. The molecule has 0 radical (unpaired) electrons. The van der Waals surface area contributed by atoms with Crippen molar-refractivity contribution >= 4 is 21.6 Å². The number of nitrogens with one attached hydrogen (secondary N) is 1. The molecule has 8 heteroatoms. The van der Waals surface area contributed by atoms with E-state index in [4.69, 9.17) is 0 Å². The Morgan fingerprint density at radius 3 is 2.41 bits per heavy atom. The fourth-order valence-electron chi connectivity index (χ4n) is 2.75. The smallest absolute Gasteiger partial charge is 0.257 e. The summed E-state index contributed by atoms with van der Waals surface area (Å²) in [5.74, 6) is 0.619. The molecule has 0 aliphatic heterocycles. The third-order valence-corrected chi connectivity index (χ3v) is 5.58. The van der Waals surface area contributed by atoms with Crippen LogP contribution in [0.25, 0.3) is 5.82 Å². The maximum absolute atomic E-state index is 13.0. The molecule has 29 heavy (non-hydrogen) atoms. The molecule has 1 N–H and O–H groups in total. The predicted molar refractivity (Wildman–Crippen MR) is 112 cm³/mol. The second-order valence-electron chi connectivity index (χ2n) is 7.97. The minimum Gasteiger partial charge on any atom is -0.306 e. The molecule has 1 aromatic carbocycles. The topological polar surface area (TPSA) is 94.0 Å². The molecule has 0 unspecified atom stereocenters. The lowest BCUT2D eigenvalue weighted by Gasteiger charge is -2.13. The summed E-state index contributed by atoms with van der Waals surface area (Å²) in [5, 5.41) is 7.49. The van der Waals surface area contributed by atoms with Crippen molar-refractivity contribution in [3.8, 4) is 5.82 Å². The standard InChI is InChI=1S/C21H24N4O3S/c1-14-9-10-15(29(5,27)28)12-16(14)20(26)23-19-13-17(21(2,3)4)24-25(19)18-8-6-7-11-22-18/h6-13H,1-5H3,(H,23,26). The first-order valence-electron chi connectivity index (χ1n) is 9.11. The zero-order chi connectivity index (χ0) is 21.4. The minimum absolute atomic E-state index is 0.0989. The van der Waals surface area contributed by atoms with Gasteiger partial charge in [-0.2, -0.15) is 9.78 Å². The number of rotatable bonds is 4. The summed E-state index contributed by atoms with van der Waals surface area (Å²) in [6.07, 6.45) is 2.77. The van der Waals surface area contributed by atoms with Crippen LogP contribution in [0.15, 0.2) is 53.6 Å². The number of hydrogen-bond donors (Lipinski definition) is 1. The van der Waals surface area contributed by atoms with E-state index in [2.05, 4.69) is 15.4 Å². The summed E-state index contributed by atoms with van der Waals surface area (Å²) in [4.78, 5) is 17.4. The van der Waals surface area contributed by atoms with Gasteiger partial charge in [0, 0.05) is 29.5 Å². The lowest BCUT2D eigenvalue weighted by atomic mass is 9.92. The number of anilines is 1. The average Bonchev–Trinajstić information content (AvgIpc) is 3.06. The van der Waals surface area contributed by atoms with Gasteiger partial charge in [0.05, 0.1) is 10.6 Å². The Bertz CT molecular complexity index is 1160. The van der Waals surface area contributed by atoms with Crippen molar-refractivity contribution in [2.75, 3.05) is 11.6 Å². The molecule has 0 spiro atoms. The van der Waals surface area contributed by atoms with Crippen molar-refractivity contribution in [2.45, 2.75) is 38.0 Å². The van der Waals surface area contributed by atoms with Crippen LogP contribution in [0, 0.1) is 6.92 Å². The third-order valence-electron chi connectivity index (χ3n) is 4.47. The first-order chi connectivity index (χ1) is 13.5. The van der Waals surface area contributed by atoms with Crippen LogP contribution in [0.3, 0.4) is 0 Å². The highest BCUT2D eigenvalue weighted by atomic mass is 32.2. The van der Waals surface area contributed by atoms with Crippen molar-refractivity contribution in [1.29, 1.82) is 0 Å². The molecule has 152 valence electrons. The van der Waals surface area contributed by atoms with Crippen LogP contribution in [0.1, 0.15) is 42.4 Å². The van der Waals surface area contributed by atoms with Gasteiger partial charge in [0.25, 0.3) is 5.91 Å². The van der Waals surface area contributed by atoms with Gasteiger partial charge in [-0.15, -0.1) is 0 Å². The van der Waals surface area contributed by atoms with Crippen molar-refractivity contribution in [3.05, 3.63) is 65.5 Å². The van der Waals surface area contributed by atoms with Crippen LogP contribution in [0.5, 0.6) is 0 Å². The van der Waals surface area contributed by atoms with Gasteiger partial charge in [-0.1, -0.05) is 32.9 Å². The van der Waals surface area contributed by atoms with Crippen molar-refractivity contribution in [2.24, 2.45) is 0 Å². The molecule has 0 bridgehead atoms. The molecule has 0 saturated heterocycles. The summed E-state index contributed by atoms with van der Waals surface area (Å²) in [5.41, 5.74) is 1.53. The van der Waals surface area contributed by atoms with E-state index < -0.39 is 15.7 Å². The third kappa shape index (κ3) is 4.54. The van der Waals surface area contributed by atoms with Crippen molar-refractivity contribution < 1.29 is 13.2 Å². The second-order valence-corrected chi connectivity index (χ2v) is 9.98. The normalized spacial score (nSPS) is 12.0. The number of benzene rings is 1. The van der Waals surface area contributed by atoms with Gasteiger partial charge in [0.1, 0.15) is 5.82 Å². The van der Waals surface area contributed by atoms with Crippen molar-refractivity contribution in [3.63, 3.8) is 0 Å².